The van der Waals surface area contributed by atoms with Crippen molar-refractivity contribution in [1.29, 1.82) is 0 Å². The zero-order chi connectivity index (χ0) is 15.4. The summed E-state index contributed by atoms with van der Waals surface area (Å²) in [7, 11) is 0. The molecule has 6 heteroatoms. The van der Waals surface area contributed by atoms with Crippen LogP contribution in [0.25, 0.3) is 0 Å². The Hall–Kier alpha value is -1.59. The molecule has 1 atom stereocenters. The van der Waals surface area contributed by atoms with Gasteiger partial charge in [0, 0.05) is 10.2 Å². The van der Waals surface area contributed by atoms with E-state index in [-0.39, 0.29) is 10.9 Å². The highest BCUT2D eigenvalue weighted by atomic mass is 79.9. The maximum absolute atomic E-state index is 13.2. The summed E-state index contributed by atoms with van der Waals surface area (Å²) in [5.74, 6) is -0.660. The first-order valence-corrected chi connectivity index (χ1v) is 7.41. The van der Waals surface area contributed by atoms with Gasteiger partial charge < -0.3 is 10.6 Å². The minimum Gasteiger partial charge on any atom is -0.372 e. The monoisotopic (exact) mass is 370 g/mol. The molecule has 0 spiro atoms. The zero-order valence-electron chi connectivity index (χ0n) is 11.2. The minimum atomic E-state index is -0.538. The Bertz CT molecular complexity index is 628. The molecule has 0 radical (unpaired) electrons. The molecular weight excluding hydrogens is 359 g/mol. The summed E-state index contributed by atoms with van der Waals surface area (Å²) in [5, 5.41) is 5.96. The van der Waals surface area contributed by atoms with E-state index in [0.717, 1.165) is 0 Å². The largest absolute Gasteiger partial charge is 0.372 e. The molecule has 0 bridgehead atoms. The lowest BCUT2D eigenvalue weighted by atomic mass is 10.2. The quantitative estimate of drug-likeness (QED) is 0.819. The number of benzene rings is 2. The Morgan fingerprint density at radius 2 is 1.95 bits per heavy atom. The van der Waals surface area contributed by atoms with Crippen LogP contribution in [0.4, 0.5) is 15.8 Å². The van der Waals surface area contributed by atoms with Gasteiger partial charge in [0.1, 0.15) is 11.9 Å². The van der Waals surface area contributed by atoms with E-state index in [4.69, 9.17) is 11.6 Å². The Labute approximate surface area is 135 Å². The van der Waals surface area contributed by atoms with E-state index in [0.29, 0.717) is 15.8 Å². The summed E-state index contributed by atoms with van der Waals surface area (Å²) >= 11 is 9.20. The van der Waals surface area contributed by atoms with Crippen LogP contribution in [-0.4, -0.2) is 11.9 Å². The van der Waals surface area contributed by atoms with Gasteiger partial charge in [-0.25, -0.2) is 4.39 Å². The molecule has 0 aliphatic carbocycles. The summed E-state index contributed by atoms with van der Waals surface area (Å²) in [6, 6.07) is 11.1. The number of para-hydroxylation sites is 1. The average molecular weight is 372 g/mol. The summed E-state index contributed by atoms with van der Waals surface area (Å²) in [5.41, 5.74) is 1.19. The van der Waals surface area contributed by atoms with Crippen molar-refractivity contribution in [3.8, 4) is 0 Å². The summed E-state index contributed by atoms with van der Waals surface area (Å²) < 4.78 is 13.6. The van der Waals surface area contributed by atoms with E-state index in [1.165, 1.54) is 12.1 Å². The van der Waals surface area contributed by atoms with Gasteiger partial charge in [0.05, 0.1) is 10.7 Å². The van der Waals surface area contributed by atoms with Crippen molar-refractivity contribution < 1.29 is 9.18 Å². The minimum absolute atomic E-state index is 0.209. The van der Waals surface area contributed by atoms with E-state index in [1.54, 1.807) is 19.1 Å². The molecule has 0 aromatic heterocycles. The van der Waals surface area contributed by atoms with Crippen molar-refractivity contribution in [2.45, 2.75) is 13.0 Å². The van der Waals surface area contributed by atoms with Crippen LogP contribution in [-0.2, 0) is 4.79 Å². The van der Waals surface area contributed by atoms with E-state index in [1.807, 2.05) is 18.2 Å². The zero-order valence-corrected chi connectivity index (χ0v) is 13.5. The number of hydrogen-bond donors (Lipinski definition) is 2. The Kier molecular flexibility index (Phi) is 5.20. The van der Waals surface area contributed by atoms with E-state index < -0.39 is 11.9 Å². The number of halogens is 3. The third-order valence-corrected chi connectivity index (χ3v) is 3.73. The van der Waals surface area contributed by atoms with Gasteiger partial charge in [-0.05, 0) is 47.1 Å². The topological polar surface area (TPSA) is 41.1 Å². The van der Waals surface area contributed by atoms with Crippen molar-refractivity contribution in [2.24, 2.45) is 0 Å². The average Bonchev–Trinajstić information content (AvgIpc) is 2.43. The second kappa shape index (κ2) is 6.91. The fourth-order valence-corrected chi connectivity index (χ4v) is 2.66. The first-order chi connectivity index (χ1) is 9.97. The smallest absolute Gasteiger partial charge is 0.246 e. The molecule has 2 N–H and O–H groups in total. The number of carbonyl (C=O) groups is 1. The predicted molar refractivity (Wildman–Crippen MR) is 87.3 cm³/mol. The van der Waals surface area contributed by atoms with Gasteiger partial charge in [0.25, 0.3) is 0 Å². The van der Waals surface area contributed by atoms with Crippen molar-refractivity contribution in [1.82, 2.24) is 0 Å². The molecule has 0 saturated carbocycles. The molecule has 2 aromatic carbocycles. The Balaban J connectivity index is 2.08. The van der Waals surface area contributed by atoms with Crippen molar-refractivity contribution in [3.05, 3.63) is 57.8 Å². The molecular formula is C15H13BrClFN2O. The van der Waals surface area contributed by atoms with Crippen LogP contribution >= 0.6 is 27.5 Å². The lowest BCUT2D eigenvalue weighted by Crippen LogP contribution is -2.32. The van der Waals surface area contributed by atoms with Crippen molar-refractivity contribution in [3.63, 3.8) is 0 Å². The highest BCUT2D eigenvalue weighted by Gasteiger charge is 2.16. The van der Waals surface area contributed by atoms with Crippen LogP contribution in [0.5, 0.6) is 0 Å². The molecule has 0 heterocycles. The summed E-state index contributed by atoms with van der Waals surface area (Å²) in [4.78, 5) is 12.1. The number of hydrogen-bond acceptors (Lipinski definition) is 2. The van der Waals surface area contributed by atoms with E-state index in [2.05, 4.69) is 26.6 Å². The van der Waals surface area contributed by atoms with Crippen LogP contribution in [0.2, 0.25) is 5.02 Å². The molecule has 3 nitrogen and oxygen atoms in total. The third-order valence-electron chi connectivity index (χ3n) is 2.80. The first-order valence-electron chi connectivity index (χ1n) is 6.24. The normalized spacial score (nSPS) is 11.8. The fraction of sp³-hybridized carbons (Fsp3) is 0.133. The molecule has 1 amide bonds. The Morgan fingerprint density at radius 1 is 1.29 bits per heavy atom. The molecule has 0 aliphatic rings. The van der Waals surface area contributed by atoms with Crippen LogP contribution in [0.1, 0.15) is 6.92 Å². The lowest BCUT2D eigenvalue weighted by molar-refractivity contribution is -0.116. The number of rotatable bonds is 4. The van der Waals surface area contributed by atoms with Gasteiger partial charge in [-0.2, -0.15) is 0 Å². The van der Waals surface area contributed by atoms with E-state index in [9.17, 15) is 9.18 Å². The maximum atomic E-state index is 13.2. The second-order valence-electron chi connectivity index (χ2n) is 4.47. The molecule has 21 heavy (non-hydrogen) atoms. The molecule has 2 rings (SSSR count). The predicted octanol–water partition coefficient (Wildman–Crippen LogP) is 4.68. The summed E-state index contributed by atoms with van der Waals surface area (Å²) in [6.07, 6.45) is 0. The molecule has 110 valence electrons. The van der Waals surface area contributed by atoms with Gasteiger partial charge in [0.2, 0.25) is 5.91 Å². The second-order valence-corrected chi connectivity index (χ2v) is 5.73. The Morgan fingerprint density at radius 3 is 2.57 bits per heavy atom. The molecule has 2 aromatic rings. The van der Waals surface area contributed by atoms with Crippen LogP contribution in [0, 0.1) is 5.82 Å². The van der Waals surface area contributed by atoms with Gasteiger partial charge in [-0.3, -0.25) is 4.79 Å². The lowest BCUT2D eigenvalue weighted by Gasteiger charge is -2.17. The number of amides is 1. The summed E-state index contributed by atoms with van der Waals surface area (Å²) in [6.45, 7) is 1.70. The maximum Gasteiger partial charge on any atom is 0.246 e. The van der Waals surface area contributed by atoms with Crippen LogP contribution in [0.3, 0.4) is 0 Å². The standard InChI is InChI=1S/C15H13BrClFN2O/c1-9(15(21)20-11-5-3-2-4-6-11)19-14-12(16)7-10(18)8-13(14)17/h2-9,19H,1H3,(H,20,21). The third kappa shape index (κ3) is 4.19. The van der Waals surface area contributed by atoms with Crippen LogP contribution in [0.15, 0.2) is 46.9 Å². The van der Waals surface area contributed by atoms with Crippen LogP contribution < -0.4 is 10.6 Å². The van der Waals surface area contributed by atoms with Crippen molar-refractivity contribution in [2.75, 3.05) is 10.6 Å². The number of carbonyl (C=O) groups excluding carboxylic acids is 1. The van der Waals surface area contributed by atoms with Gasteiger partial charge in [0.15, 0.2) is 0 Å². The SMILES string of the molecule is CC(Nc1c(Cl)cc(F)cc1Br)C(=O)Nc1ccccc1. The fourth-order valence-electron chi connectivity index (χ4n) is 1.73. The van der Waals surface area contributed by atoms with E-state index >= 15 is 0 Å². The molecule has 0 fully saturated rings. The molecule has 0 saturated heterocycles. The highest BCUT2D eigenvalue weighted by molar-refractivity contribution is 9.10. The highest BCUT2D eigenvalue weighted by Crippen LogP contribution is 2.32. The van der Waals surface area contributed by atoms with Crippen molar-refractivity contribution >= 4 is 44.8 Å². The van der Waals surface area contributed by atoms with Gasteiger partial charge in [-0.15, -0.1) is 0 Å². The molecule has 1 unspecified atom stereocenters. The number of anilines is 2. The van der Waals surface area contributed by atoms with Gasteiger partial charge >= 0.3 is 0 Å². The van der Waals surface area contributed by atoms with Gasteiger partial charge in [-0.1, -0.05) is 29.8 Å². The first kappa shape index (κ1) is 15.8. The molecule has 0 aliphatic heterocycles. The number of nitrogens with one attached hydrogen (secondary N) is 2.